The second kappa shape index (κ2) is 8.48. The molecule has 0 fully saturated rings. The highest BCUT2D eigenvalue weighted by atomic mass is 15.0. The summed E-state index contributed by atoms with van der Waals surface area (Å²) in [5, 5.41) is 1.43. The van der Waals surface area contributed by atoms with Crippen molar-refractivity contribution in [3.05, 3.63) is 107 Å². The van der Waals surface area contributed by atoms with Gasteiger partial charge >= 0.3 is 0 Å². The quantitative estimate of drug-likeness (QED) is 0.332. The van der Waals surface area contributed by atoms with Crippen LogP contribution in [0, 0.1) is 0 Å². The van der Waals surface area contributed by atoms with Crippen LogP contribution in [0.4, 0.5) is 0 Å². The molecular formula is C27H29N. The van der Waals surface area contributed by atoms with Gasteiger partial charge < -0.3 is 4.57 Å². The van der Waals surface area contributed by atoms with Gasteiger partial charge in [0.2, 0.25) is 0 Å². The first-order valence-corrected chi connectivity index (χ1v) is 10.4. The summed E-state index contributed by atoms with van der Waals surface area (Å²) in [7, 11) is 0. The van der Waals surface area contributed by atoms with Crippen LogP contribution < -0.4 is 0 Å². The van der Waals surface area contributed by atoms with Crippen LogP contribution in [0.1, 0.15) is 48.6 Å². The number of aromatic nitrogens is 1. The van der Waals surface area contributed by atoms with E-state index in [4.69, 9.17) is 0 Å². The summed E-state index contributed by atoms with van der Waals surface area (Å²) in [6.45, 7) is 5.60. The largest absolute Gasteiger partial charge is 0.340 e. The van der Waals surface area contributed by atoms with E-state index in [9.17, 15) is 0 Å². The molecular weight excluding hydrogens is 338 g/mol. The number of benzene rings is 3. The molecule has 0 aliphatic carbocycles. The Morgan fingerprint density at radius 3 is 1.96 bits per heavy atom. The molecule has 0 unspecified atom stereocenters. The van der Waals surface area contributed by atoms with Crippen molar-refractivity contribution in [2.45, 2.75) is 45.6 Å². The highest BCUT2D eigenvalue weighted by Crippen LogP contribution is 2.33. The van der Waals surface area contributed by atoms with E-state index in [2.05, 4.69) is 103 Å². The number of para-hydroxylation sites is 1. The van der Waals surface area contributed by atoms with Crippen molar-refractivity contribution in [2.24, 2.45) is 0 Å². The standard InChI is InChI=1S/C27H29N/c1-21(2)27-25(18-11-16-22-12-5-3-6-13-22)24-17-9-10-19-26(24)28(27)20-23-14-7-4-8-15-23/h3-10,12-15,17,19,21H,11,16,18,20H2,1-2H3. The van der Waals surface area contributed by atoms with E-state index < -0.39 is 0 Å². The van der Waals surface area contributed by atoms with Gasteiger partial charge in [-0.1, -0.05) is 92.7 Å². The first kappa shape index (κ1) is 18.6. The molecule has 0 saturated carbocycles. The maximum atomic E-state index is 2.55. The number of hydrogen-bond donors (Lipinski definition) is 0. The number of aryl methyl sites for hydroxylation is 2. The molecule has 0 aliphatic rings. The molecule has 1 heterocycles. The molecule has 0 saturated heterocycles. The molecule has 0 radical (unpaired) electrons. The van der Waals surface area contributed by atoms with Crippen molar-refractivity contribution >= 4 is 10.9 Å². The maximum Gasteiger partial charge on any atom is 0.0488 e. The van der Waals surface area contributed by atoms with Gasteiger partial charge in [0.05, 0.1) is 0 Å². The molecule has 1 heteroatoms. The molecule has 0 aliphatic heterocycles. The minimum Gasteiger partial charge on any atom is -0.340 e. The Bertz CT molecular complexity index is 1030. The van der Waals surface area contributed by atoms with Gasteiger partial charge in [-0.25, -0.2) is 0 Å². The minimum absolute atomic E-state index is 0.503. The normalized spacial score (nSPS) is 11.4. The van der Waals surface area contributed by atoms with Crippen LogP contribution in [0.5, 0.6) is 0 Å². The van der Waals surface area contributed by atoms with Crippen LogP contribution in [0.2, 0.25) is 0 Å². The Morgan fingerprint density at radius 2 is 1.29 bits per heavy atom. The lowest BCUT2D eigenvalue weighted by Crippen LogP contribution is -2.07. The predicted octanol–water partition coefficient (Wildman–Crippen LogP) is 6.99. The molecule has 28 heavy (non-hydrogen) atoms. The monoisotopic (exact) mass is 367 g/mol. The second-order valence-corrected chi connectivity index (χ2v) is 7.95. The van der Waals surface area contributed by atoms with Gasteiger partial charge in [0.15, 0.2) is 0 Å². The summed E-state index contributed by atoms with van der Waals surface area (Å²) in [5.41, 5.74) is 7.20. The lowest BCUT2D eigenvalue weighted by molar-refractivity contribution is 0.690. The molecule has 1 nitrogen and oxygen atoms in total. The molecule has 0 N–H and O–H groups in total. The maximum absolute atomic E-state index is 2.55. The van der Waals surface area contributed by atoms with E-state index in [1.165, 1.54) is 39.7 Å². The van der Waals surface area contributed by atoms with E-state index in [1.807, 2.05) is 0 Å². The van der Waals surface area contributed by atoms with Gasteiger partial charge in [0.1, 0.15) is 0 Å². The first-order valence-electron chi connectivity index (χ1n) is 10.4. The Morgan fingerprint density at radius 1 is 0.679 bits per heavy atom. The second-order valence-electron chi connectivity index (χ2n) is 7.95. The molecule has 0 bridgehead atoms. The van der Waals surface area contributed by atoms with E-state index >= 15 is 0 Å². The van der Waals surface area contributed by atoms with Crippen LogP contribution in [0.3, 0.4) is 0 Å². The fourth-order valence-corrected chi connectivity index (χ4v) is 4.37. The van der Waals surface area contributed by atoms with Crippen molar-refractivity contribution < 1.29 is 0 Å². The van der Waals surface area contributed by atoms with Crippen molar-refractivity contribution in [3.8, 4) is 0 Å². The topological polar surface area (TPSA) is 4.93 Å². The molecule has 0 spiro atoms. The predicted molar refractivity (Wildman–Crippen MR) is 120 cm³/mol. The number of hydrogen-bond acceptors (Lipinski definition) is 0. The molecule has 0 atom stereocenters. The van der Waals surface area contributed by atoms with E-state index in [-0.39, 0.29) is 0 Å². The number of fused-ring (bicyclic) bond motifs is 1. The average Bonchev–Trinajstić information content (AvgIpc) is 3.03. The van der Waals surface area contributed by atoms with Crippen LogP contribution >= 0.6 is 0 Å². The number of rotatable bonds is 7. The van der Waals surface area contributed by atoms with E-state index in [0.29, 0.717) is 5.92 Å². The molecule has 3 aromatic carbocycles. The number of nitrogens with zero attached hydrogens (tertiary/aromatic N) is 1. The first-order chi connectivity index (χ1) is 13.7. The minimum atomic E-state index is 0.503. The zero-order valence-corrected chi connectivity index (χ0v) is 16.9. The lowest BCUT2D eigenvalue weighted by Gasteiger charge is -2.16. The average molecular weight is 368 g/mol. The Labute approximate surface area is 168 Å². The molecule has 4 aromatic rings. The smallest absolute Gasteiger partial charge is 0.0488 e. The fourth-order valence-electron chi connectivity index (χ4n) is 4.37. The van der Waals surface area contributed by atoms with Gasteiger partial charge in [-0.3, -0.25) is 0 Å². The van der Waals surface area contributed by atoms with Crippen molar-refractivity contribution in [2.75, 3.05) is 0 Å². The van der Waals surface area contributed by atoms with E-state index in [1.54, 1.807) is 0 Å². The van der Waals surface area contributed by atoms with E-state index in [0.717, 1.165) is 19.4 Å². The zero-order chi connectivity index (χ0) is 19.3. The Balaban J connectivity index is 1.69. The van der Waals surface area contributed by atoms with Crippen LogP contribution in [0.15, 0.2) is 84.9 Å². The summed E-state index contributed by atoms with van der Waals surface area (Å²) in [6.07, 6.45) is 3.45. The Hall–Kier alpha value is -2.80. The van der Waals surface area contributed by atoms with Crippen LogP contribution in [0.25, 0.3) is 10.9 Å². The van der Waals surface area contributed by atoms with Gasteiger partial charge in [-0.2, -0.15) is 0 Å². The van der Waals surface area contributed by atoms with Gasteiger partial charge in [-0.05, 0) is 47.9 Å². The summed E-state index contributed by atoms with van der Waals surface area (Å²) in [6, 6.07) is 30.6. The van der Waals surface area contributed by atoms with Gasteiger partial charge in [-0.15, -0.1) is 0 Å². The summed E-state index contributed by atoms with van der Waals surface area (Å²) >= 11 is 0. The Kier molecular flexibility index (Phi) is 5.62. The summed E-state index contributed by atoms with van der Waals surface area (Å²) < 4.78 is 2.55. The molecule has 1 aromatic heterocycles. The van der Waals surface area contributed by atoms with Gasteiger partial charge in [0, 0.05) is 23.1 Å². The third-order valence-corrected chi connectivity index (χ3v) is 5.59. The van der Waals surface area contributed by atoms with Crippen LogP contribution in [-0.4, -0.2) is 4.57 Å². The third-order valence-electron chi connectivity index (χ3n) is 5.59. The summed E-state index contributed by atoms with van der Waals surface area (Å²) in [5.74, 6) is 0.503. The SMILES string of the molecule is CC(C)c1c(CCCc2ccccc2)c2ccccc2n1Cc1ccccc1. The fraction of sp³-hybridized carbons (Fsp3) is 0.259. The highest BCUT2D eigenvalue weighted by molar-refractivity contribution is 5.86. The van der Waals surface area contributed by atoms with Crippen LogP contribution in [-0.2, 0) is 19.4 Å². The molecule has 0 amide bonds. The summed E-state index contributed by atoms with van der Waals surface area (Å²) in [4.78, 5) is 0. The zero-order valence-electron chi connectivity index (χ0n) is 16.9. The van der Waals surface area contributed by atoms with Crippen molar-refractivity contribution in [3.63, 3.8) is 0 Å². The molecule has 142 valence electrons. The highest BCUT2D eigenvalue weighted by Gasteiger charge is 2.19. The molecule has 4 rings (SSSR count). The third kappa shape index (κ3) is 3.89. The lowest BCUT2D eigenvalue weighted by atomic mass is 9.97. The van der Waals surface area contributed by atoms with Crippen molar-refractivity contribution in [1.82, 2.24) is 4.57 Å². The van der Waals surface area contributed by atoms with Gasteiger partial charge in [0.25, 0.3) is 0 Å². The van der Waals surface area contributed by atoms with Crippen molar-refractivity contribution in [1.29, 1.82) is 0 Å².